The molecule has 3 fully saturated rings. The van der Waals surface area contributed by atoms with Gasteiger partial charge in [-0.3, -0.25) is 4.79 Å². The van der Waals surface area contributed by atoms with Gasteiger partial charge in [-0.15, -0.1) is 0 Å². The van der Waals surface area contributed by atoms with Gasteiger partial charge in [-0.2, -0.15) is 0 Å². The average molecular weight is 374 g/mol. The predicted molar refractivity (Wildman–Crippen MR) is 106 cm³/mol. The topological polar surface area (TPSA) is 58.9 Å². The summed E-state index contributed by atoms with van der Waals surface area (Å²) in [4.78, 5) is 11.4. The third kappa shape index (κ3) is 2.86. The SMILES string of the molecule is CC(=O)O[C@H]1CC[C@@]2(C)C(=CC[C@H]3[C@@H]4CC[C@H](/C(C)=N/O)[C@@]4(C)CC[C@@H]32)C1. The molecule has 0 aromatic heterocycles. The zero-order valence-corrected chi connectivity index (χ0v) is 17.3. The van der Waals surface area contributed by atoms with Gasteiger partial charge in [0.1, 0.15) is 6.10 Å². The van der Waals surface area contributed by atoms with E-state index >= 15 is 0 Å². The first-order chi connectivity index (χ1) is 12.8. The highest BCUT2D eigenvalue weighted by Gasteiger charge is 2.59. The quantitative estimate of drug-likeness (QED) is 0.233. The Hall–Kier alpha value is -1.32. The van der Waals surface area contributed by atoms with E-state index in [1.165, 1.54) is 39.0 Å². The molecule has 4 heteroatoms. The zero-order valence-electron chi connectivity index (χ0n) is 17.3. The molecule has 0 aliphatic heterocycles. The molecule has 0 aromatic rings. The Bertz CT molecular complexity index is 683. The van der Waals surface area contributed by atoms with Crippen LogP contribution in [0.4, 0.5) is 0 Å². The summed E-state index contributed by atoms with van der Waals surface area (Å²) in [6.07, 6.45) is 11.8. The lowest BCUT2D eigenvalue weighted by molar-refractivity contribution is -0.148. The van der Waals surface area contributed by atoms with Gasteiger partial charge in [-0.25, -0.2) is 0 Å². The van der Waals surface area contributed by atoms with Crippen molar-refractivity contribution in [3.63, 3.8) is 0 Å². The highest BCUT2D eigenvalue weighted by Crippen LogP contribution is 2.66. The second kappa shape index (κ2) is 6.63. The Morgan fingerprint density at radius 1 is 1.15 bits per heavy atom. The van der Waals surface area contributed by atoms with Crippen molar-refractivity contribution in [1.82, 2.24) is 0 Å². The summed E-state index contributed by atoms with van der Waals surface area (Å²) < 4.78 is 5.54. The fraction of sp³-hybridized carbons (Fsp3) is 0.826. The number of rotatable bonds is 2. The molecule has 4 rings (SSSR count). The van der Waals surface area contributed by atoms with E-state index in [9.17, 15) is 10.0 Å². The highest BCUT2D eigenvalue weighted by atomic mass is 16.5. The Labute approximate surface area is 163 Å². The Morgan fingerprint density at radius 3 is 2.63 bits per heavy atom. The van der Waals surface area contributed by atoms with Crippen LogP contribution in [0, 0.1) is 34.5 Å². The first-order valence-corrected chi connectivity index (χ1v) is 10.8. The summed E-state index contributed by atoms with van der Waals surface area (Å²) in [6, 6.07) is 0. The number of allylic oxidation sites excluding steroid dienone is 1. The van der Waals surface area contributed by atoms with Crippen LogP contribution in [0.25, 0.3) is 0 Å². The highest BCUT2D eigenvalue weighted by molar-refractivity contribution is 5.85. The van der Waals surface area contributed by atoms with E-state index in [-0.39, 0.29) is 22.9 Å². The van der Waals surface area contributed by atoms with Crippen LogP contribution in [-0.4, -0.2) is 23.0 Å². The molecule has 4 aliphatic rings. The fourth-order valence-corrected chi connectivity index (χ4v) is 7.72. The van der Waals surface area contributed by atoms with Gasteiger partial charge in [0, 0.05) is 19.3 Å². The van der Waals surface area contributed by atoms with Gasteiger partial charge < -0.3 is 9.94 Å². The van der Waals surface area contributed by atoms with Crippen molar-refractivity contribution in [2.24, 2.45) is 39.7 Å². The van der Waals surface area contributed by atoms with E-state index in [1.54, 1.807) is 5.57 Å². The van der Waals surface area contributed by atoms with Crippen LogP contribution in [0.3, 0.4) is 0 Å². The van der Waals surface area contributed by atoms with Crippen molar-refractivity contribution in [3.05, 3.63) is 11.6 Å². The third-order valence-electron chi connectivity index (χ3n) is 9.05. The summed E-state index contributed by atoms with van der Waals surface area (Å²) in [5.41, 5.74) is 3.04. The summed E-state index contributed by atoms with van der Waals surface area (Å²) in [5, 5.41) is 12.9. The van der Waals surface area contributed by atoms with Gasteiger partial charge in [-0.05, 0) is 80.5 Å². The Kier molecular flexibility index (Phi) is 4.67. The number of ether oxygens (including phenoxy) is 1. The summed E-state index contributed by atoms with van der Waals surface area (Å²) in [5.74, 6) is 2.52. The maximum absolute atomic E-state index is 11.4. The van der Waals surface area contributed by atoms with Crippen molar-refractivity contribution in [2.75, 3.05) is 0 Å². The molecule has 0 unspecified atom stereocenters. The molecule has 0 aromatic carbocycles. The molecule has 27 heavy (non-hydrogen) atoms. The number of hydrogen-bond acceptors (Lipinski definition) is 4. The fourth-order valence-electron chi connectivity index (χ4n) is 7.72. The third-order valence-corrected chi connectivity index (χ3v) is 9.05. The Balaban J connectivity index is 1.58. The van der Waals surface area contributed by atoms with Crippen LogP contribution < -0.4 is 0 Å². The summed E-state index contributed by atoms with van der Waals surface area (Å²) in [7, 11) is 0. The van der Waals surface area contributed by atoms with E-state index < -0.39 is 0 Å². The average Bonchev–Trinajstić information content (AvgIpc) is 2.98. The van der Waals surface area contributed by atoms with Crippen molar-refractivity contribution in [1.29, 1.82) is 0 Å². The van der Waals surface area contributed by atoms with Crippen LogP contribution in [0.5, 0.6) is 0 Å². The number of carbonyl (C=O) groups is 1. The van der Waals surface area contributed by atoms with Gasteiger partial charge in [0.05, 0.1) is 5.71 Å². The van der Waals surface area contributed by atoms with Gasteiger partial charge in [-0.1, -0.05) is 30.7 Å². The molecule has 3 saturated carbocycles. The standard InChI is InChI=1S/C23H35NO3/c1-14(24-26)19-7-8-20-18-6-5-16-13-17(27-15(2)25)9-11-22(16,3)21(18)10-12-23(19,20)4/h5,17-21,26H,6-13H2,1-4H3/b24-14+/t17-,18-,19+,20-,21-,22-,23+/m0/s1. The van der Waals surface area contributed by atoms with Crippen molar-refractivity contribution >= 4 is 11.7 Å². The largest absolute Gasteiger partial charge is 0.462 e. The summed E-state index contributed by atoms with van der Waals surface area (Å²) >= 11 is 0. The minimum atomic E-state index is -0.149. The second-order valence-electron chi connectivity index (χ2n) is 10.1. The normalized spacial score (nSPS) is 46.7. The molecule has 0 amide bonds. The second-order valence-corrected chi connectivity index (χ2v) is 10.1. The maximum atomic E-state index is 11.4. The molecule has 0 heterocycles. The van der Waals surface area contributed by atoms with Crippen LogP contribution in [-0.2, 0) is 9.53 Å². The lowest BCUT2D eigenvalue weighted by Gasteiger charge is -2.58. The van der Waals surface area contributed by atoms with Gasteiger partial charge in [0.2, 0.25) is 0 Å². The predicted octanol–water partition coefficient (Wildman–Crippen LogP) is 5.35. The zero-order chi connectivity index (χ0) is 19.4. The minimum absolute atomic E-state index is 0.0755. The van der Waals surface area contributed by atoms with Gasteiger partial charge in [0.25, 0.3) is 0 Å². The molecule has 0 spiro atoms. The lowest BCUT2D eigenvalue weighted by Crippen LogP contribution is -2.51. The molecule has 150 valence electrons. The first kappa shape index (κ1) is 19.0. The van der Waals surface area contributed by atoms with Crippen LogP contribution >= 0.6 is 0 Å². The number of nitrogens with zero attached hydrogens (tertiary/aromatic N) is 1. The lowest BCUT2D eigenvalue weighted by atomic mass is 9.47. The van der Waals surface area contributed by atoms with E-state index in [1.807, 2.05) is 6.92 Å². The number of fused-ring (bicyclic) bond motifs is 5. The van der Waals surface area contributed by atoms with Gasteiger partial charge in [0.15, 0.2) is 0 Å². The number of carbonyl (C=O) groups excluding carboxylic acids is 1. The van der Waals surface area contributed by atoms with E-state index in [4.69, 9.17) is 4.74 Å². The van der Waals surface area contributed by atoms with E-state index in [0.717, 1.165) is 42.7 Å². The molecule has 4 nitrogen and oxygen atoms in total. The van der Waals surface area contributed by atoms with Crippen LogP contribution in [0.2, 0.25) is 0 Å². The molecule has 0 bridgehead atoms. The van der Waals surface area contributed by atoms with Gasteiger partial charge >= 0.3 is 5.97 Å². The molecular weight excluding hydrogens is 338 g/mol. The van der Waals surface area contributed by atoms with E-state index in [2.05, 4.69) is 25.1 Å². The molecule has 0 saturated heterocycles. The van der Waals surface area contributed by atoms with Crippen molar-refractivity contribution in [3.8, 4) is 0 Å². The monoisotopic (exact) mass is 373 g/mol. The van der Waals surface area contributed by atoms with Crippen molar-refractivity contribution < 1.29 is 14.7 Å². The smallest absolute Gasteiger partial charge is 0.302 e. The van der Waals surface area contributed by atoms with Crippen molar-refractivity contribution in [2.45, 2.75) is 85.2 Å². The van der Waals surface area contributed by atoms with Crippen LogP contribution in [0.1, 0.15) is 79.1 Å². The molecule has 1 N–H and O–H groups in total. The minimum Gasteiger partial charge on any atom is -0.462 e. The van der Waals surface area contributed by atoms with Crippen LogP contribution in [0.15, 0.2) is 16.8 Å². The number of hydrogen-bond donors (Lipinski definition) is 1. The molecule has 0 radical (unpaired) electrons. The molecular formula is C23H35NO3. The Morgan fingerprint density at radius 2 is 1.93 bits per heavy atom. The molecule has 4 aliphatic carbocycles. The number of esters is 1. The number of oxime groups is 1. The maximum Gasteiger partial charge on any atom is 0.302 e. The first-order valence-electron chi connectivity index (χ1n) is 10.8. The summed E-state index contributed by atoms with van der Waals surface area (Å²) in [6.45, 7) is 8.46. The van der Waals surface area contributed by atoms with E-state index in [0.29, 0.717) is 5.92 Å². The molecule has 7 atom stereocenters.